The molecule has 2 atom stereocenters. The van der Waals surface area contributed by atoms with Crippen molar-refractivity contribution in [1.82, 2.24) is 19.8 Å². The number of aliphatic hydroxyl groups excluding tert-OH is 1. The van der Waals surface area contributed by atoms with Crippen molar-refractivity contribution in [3.05, 3.63) is 24.0 Å². The van der Waals surface area contributed by atoms with Crippen LogP contribution in [0.25, 0.3) is 11.0 Å². The number of nitrogens with one attached hydrogen (secondary N) is 1. The topological polar surface area (TPSA) is 109 Å². The minimum Gasteiger partial charge on any atom is -0.444 e. The first kappa shape index (κ1) is 23.9. The SMILES string of the molecule is Cc1cn([C@@H]2COC3(CCN(C(=O)OC(C)(C)C)CC3)C2)c2ncc(N3CCC(=O)NC3O)cc12. The maximum absolute atomic E-state index is 12.4. The fourth-order valence-corrected chi connectivity index (χ4v) is 5.40. The second kappa shape index (κ2) is 8.67. The molecule has 3 aliphatic rings. The largest absolute Gasteiger partial charge is 0.444 e. The van der Waals surface area contributed by atoms with E-state index in [-0.39, 0.29) is 23.6 Å². The Morgan fingerprint density at radius 3 is 2.71 bits per heavy atom. The van der Waals surface area contributed by atoms with Crippen molar-refractivity contribution in [2.24, 2.45) is 0 Å². The molecule has 0 aliphatic carbocycles. The maximum atomic E-state index is 12.4. The second-order valence-corrected chi connectivity index (χ2v) is 11.0. The lowest BCUT2D eigenvalue weighted by atomic mass is 9.87. The third-order valence-electron chi connectivity index (χ3n) is 7.26. The molecule has 3 fully saturated rings. The highest BCUT2D eigenvalue weighted by molar-refractivity contribution is 5.84. The van der Waals surface area contributed by atoms with Gasteiger partial charge < -0.3 is 34.3 Å². The van der Waals surface area contributed by atoms with E-state index in [1.807, 2.05) is 26.8 Å². The van der Waals surface area contributed by atoms with Crippen molar-refractivity contribution in [2.75, 3.05) is 31.1 Å². The summed E-state index contributed by atoms with van der Waals surface area (Å²) in [7, 11) is 0. The van der Waals surface area contributed by atoms with Crippen molar-refractivity contribution in [3.63, 3.8) is 0 Å². The van der Waals surface area contributed by atoms with Gasteiger partial charge in [0, 0.05) is 37.6 Å². The highest BCUT2D eigenvalue weighted by atomic mass is 16.6. The summed E-state index contributed by atoms with van der Waals surface area (Å²) in [6.07, 6.45) is 5.36. The van der Waals surface area contributed by atoms with E-state index in [0.29, 0.717) is 32.7 Å². The molecule has 0 aromatic carbocycles. The average Bonchev–Trinajstić information content (AvgIpc) is 3.34. The number of aryl methyl sites for hydroxylation is 1. The van der Waals surface area contributed by atoms with Crippen LogP contribution in [0.15, 0.2) is 18.5 Å². The average molecular weight is 486 g/mol. The van der Waals surface area contributed by atoms with Gasteiger partial charge in [0.15, 0.2) is 0 Å². The minimum absolute atomic E-state index is 0.155. The van der Waals surface area contributed by atoms with Gasteiger partial charge in [0.1, 0.15) is 11.2 Å². The van der Waals surface area contributed by atoms with Gasteiger partial charge in [0.25, 0.3) is 0 Å². The van der Waals surface area contributed by atoms with Crippen LogP contribution < -0.4 is 10.2 Å². The molecule has 5 rings (SSSR count). The van der Waals surface area contributed by atoms with E-state index in [9.17, 15) is 14.7 Å². The van der Waals surface area contributed by atoms with Crippen molar-refractivity contribution >= 4 is 28.7 Å². The van der Waals surface area contributed by atoms with Crippen molar-refractivity contribution in [1.29, 1.82) is 0 Å². The number of hydrogen-bond acceptors (Lipinski definition) is 7. The molecule has 3 saturated heterocycles. The molecule has 3 aliphatic heterocycles. The second-order valence-electron chi connectivity index (χ2n) is 11.0. The summed E-state index contributed by atoms with van der Waals surface area (Å²) >= 11 is 0. The molecule has 2 aromatic heterocycles. The van der Waals surface area contributed by atoms with Crippen molar-refractivity contribution < 1.29 is 24.2 Å². The fraction of sp³-hybridized carbons (Fsp3) is 0.640. The third kappa shape index (κ3) is 4.69. The van der Waals surface area contributed by atoms with Gasteiger partial charge in [-0.1, -0.05) is 0 Å². The minimum atomic E-state index is -1.05. The lowest BCUT2D eigenvalue weighted by Gasteiger charge is -2.39. The Morgan fingerprint density at radius 1 is 1.29 bits per heavy atom. The number of aliphatic hydroxyl groups is 1. The number of ether oxygens (including phenoxy) is 2. The van der Waals surface area contributed by atoms with Gasteiger partial charge in [0.05, 0.1) is 30.1 Å². The smallest absolute Gasteiger partial charge is 0.410 e. The number of likely N-dealkylation sites (tertiary alicyclic amines) is 1. The number of piperidine rings is 1. The van der Waals surface area contributed by atoms with Crippen LogP contribution in [0, 0.1) is 6.92 Å². The molecule has 2 amide bonds. The zero-order chi connectivity index (χ0) is 25.0. The number of hydrogen-bond donors (Lipinski definition) is 2. The highest BCUT2D eigenvalue weighted by Crippen LogP contribution is 2.42. The van der Waals surface area contributed by atoms with Gasteiger partial charge >= 0.3 is 6.09 Å². The first-order valence-electron chi connectivity index (χ1n) is 12.4. The van der Waals surface area contributed by atoms with E-state index in [1.54, 1.807) is 16.0 Å². The predicted octanol–water partition coefficient (Wildman–Crippen LogP) is 2.68. The highest BCUT2D eigenvalue weighted by Gasteiger charge is 2.45. The summed E-state index contributed by atoms with van der Waals surface area (Å²) in [6.45, 7) is 10.0. The van der Waals surface area contributed by atoms with E-state index in [2.05, 4.69) is 23.0 Å². The predicted molar refractivity (Wildman–Crippen MR) is 130 cm³/mol. The molecule has 0 saturated carbocycles. The Hall–Kier alpha value is -2.85. The van der Waals surface area contributed by atoms with Crippen LogP contribution in [0.2, 0.25) is 0 Å². The Balaban J connectivity index is 1.29. The fourth-order valence-electron chi connectivity index (χ4n) is 5.40. The number of fused-ring (bicyclic) bond motifs is 1. The van der Waals surface area contributed by atoms with E-state index in [0.717, 1.165) is 41.5 Å². The first-order valence-corrected chi connectivity index (χ1v) is 12.4. The number of rotatable bonds is 2. The molecule has 1 unspecified atom stereocenters. The summed E-state index contributed by atoms with van der Waals surface area (Å²) in [5.41, 5.74) is 2.04. The summed E-state index contributed by atoms with van der Waals surface area (Å²) in [5, 5.41) is 13.8. The number of carbonyl (C=O) groups excluding carboxylic acids is 2. The van der Waals surface area contributed by atoms with Gasteiger partial charge in [-0.05, 0) is 58.6 Å². The Bertz CT molecular complexity index is 1130. The van der Waals surface area contributed by atoms with Gasteiger partial charge in [-0.3, -0.25) is 4.79 Å². The van der Waals surface area contributed by atoms with Crippen LogP contribution in [-0.4, -0.2) is 75.4 Å². The summed E-state index contributed by atoms with van der Waals surface area (Å²) in [4.78, 5) is 32.3. The van der Waals surface area contributed by atoms with Crippen LogP contribution in [0.1, 0.15) is 58.1 Å². The van der Waals surface area contributed by atoms with Gasteiger partial charge in [-0.25, -0.2) is 9.78 Å². The monoisotopic (exact) mass is 485 g/mol. The van der Waals surface area contributed by atoms with Crippen LogP contribution in [0.4, 0.5) is 10.5 Å². The molecule has 2 aromatic rings. The van der Waals surface area contributed by atoms with Gasteiger partial charge in [-0.2, -0.15) is 0 Å². The molecule has 5 heterocycles. The van der Waals surface area contributed by atoms with E-state index < -0.39 is 12.0 Å². The zero-order valence-electron chi connectivity index (χ0n) is 20.9. The Morgan fingerprint density at radius 2 is 2.03 bits per heavy atom. The van der Waals surface area contributed by atoms with E-state index in [1.165, 1.54) is 0 Å². The summed E-state index contributed by atoms with van der Waals surface area (Å²) < 4.78 is 14.1. The van der Waals surface area contributed by atoms with Crippen molar-refractivity contribution in [3.8, 4) is 0 Å². The van der Waals surface area contributed by atoms with E-state index >= 15 is 0 Å². The van der Waals surface area contributed by atoms with Crippen LogP contribution in [0.5, 0.6) is 0 Å². The number of anilines is 1. The molecule has 35 heavy (non-hydrogen) atoms. The Labute approximate surface area is 205 Å². The molecule has 0 radical (unpaired) electrons. The van der Waals surface area contributed by atoms with Crippen LogP contribution >= 0.6 is 0 Å². The molecule has 0 bridgehead atoms. The number of carbonyl (C=O) groups is 2. The number of nitrogens with zero attached hydrogens (tertiary/aromatic N) is 4. The van der Waals surface area contributed by atoms with Gasteiger partial charge in [-0.15, -0.1) is 0 Å². The molecule has 10 heteroatoms. The number of aromatic nitrogens is 2. The standard InChI is InChI=1S/C25H35N5O5/c1-16-14-30(21-19(16)11-17(13-26-21)29-8-5-20(31)27-22(29)32)18-12-25(34-15-18)6-9-28(10-7-25)23(33)35-24(2,3)4/h11,13-14,18,22,32H,5-10,12,15H2,1-4H3,(H,27,31)/t18-,22?/m0/s1. The zero-order valence-corrected chi connectivity index (χ0v) is 20.9. The lowest BCUT2D eigenvalue weighted by molar-refractivity contribution is -0.125. The molecular weight excluding hydrogens is 450 g/mol. The lowest BCUT2D eigenvalue weighted by Crippen LogP contribution is -2.54. The first-order chi connectivity index (χ1) is 16.5. The summed E-state index contributed by atoms with van der Waals surface area (Å²) in [5.74, 6) is -0.155. The quantitative estimate of drug-likeness (QED) is 0.673. The normalized spacial score (nSPS) is 24.8. The summed E-state index contributed by atoms with van der Waals surface area (Å²) in [6, 6.07) is 2.19. The number of pyridine rings is 1. The molecule has 2 N–H and O–H groups in total. The van der Waals surface area contributed by atoms with Crippen molar-refractivity contribution in [2.45, 2.75) is 77.0 Å². The van der Waals surface area contributed by atoms with Crippen LogP contribution in [-0.2, 0) is 14.3 Å². The molecule has 190 valence electrons. The van der Waals surface area contributed by atoms with E-state index in [4.69, 9.17) is 14.5 Å². The maximum Gasteiger partial charge on any atom is 0.410 e. The third-order valence-corrected chi connectivity index (χ3v) is 7.26. The Kier molecular flexibility index (Phi) is 5.91. The molecule has 1 spiro atoms. The molecule has 10 nitrogen and oxygen atoms in total. The molecular formula is C25H35N5O5. The number of amides is 2. The van der Waals surface area contributed by atoms with Gasteiger partial charge in [0.2, 0.25) is 12.3 Å². The van der Waals surface area contributed by atoms with Crippen LogP contribution in [0.3, 0.4) is 0 Å².